The largest absolute Gasteiger partial charge is 0.383 e. The third kappa shape index (κ3) is 8.41. The van der Waals surface area contributed by atoms with Crippen LogP contribution in [0.5, 0.6) is 0 Å². The molecule has 2 aliphatic rings. The van der Waals surface area contributed by atoms with Gasteiger partial charge >= 0.3 is 0 Å². The van der Waals surface area contributed by atoms with E-state index in [9.17, 15) is 24.3 Å². The molecule has 4 amide bonds. The molecule has 0 unspecified atom stereocenters. The maximum Gasteiger partial charge on any atom is 0.249 e. The SMILES string of the molecule is CN(C)CC(=O)N[C@H]1CN[C@H](C(=O)N2C[C@H](NC(=O)[C@H](O)CCc3ccccc3)C[C@H]2C(=O)Nc2cnc3ccccc3c2)C1. The molecule has 0 aliphatic carbocycles. The van der Waals surface area contributed by atoms with Crippen LogP contribution < -0.4 is 21.3 Å². The van der Waals surface area contributed by atoms with Crippen molar-refractivity contribution >= 4 is 40.2 Å². The van der Waals surface area contributed by atoms with E-state index < -0.39 is 36.0 Å². The van der Waals surface area contributed by atoms with Gasteiger partial charge < -0.3 is 36.2 Å². The number of hydrogen-bond donors (Lipinski definition) is 5. The zero-order chi connectivity index (χ0) is 31.9. The predicted molar refractivity (Wildman–Crippen MR) is 170 cm³/mol. The van der Waals surface area contributed by atoms with Gasteiger partial charge in [0.15, 0.2) is 0 Å². The first-order valence-electron chi connectivity index (χ1n) is 15.3. The molecule has 12 heteroatoms. The van der Waals surface area contributed by atoms with Crippen LogP contribution in [-0.2, 0) is 25.6 Å². The van der Waals surface area contributed by atoms with Crippen molar-refractivity contribution in [2.24, 2.45) is 0 Å². The average molecular weight is 616 g/mol. The monoisotopic (exact) mass is 615 g/mol. The van der Waals surface area contributed by atoms with E-state index in [-0.39, 0.29) is 43.8 Å². The Hall–Kier alpha value is -4.39. The number of carbonyl (C=O) groups excluding carboxylic acids is 4. The zero-order valence-corrected chi connectivity index (χ0v) is 25.6. The molecule has 5 atom stereocenters. The molecule has 2 fully saturated rings. The molecular formula is C33H41N7O5. The van der Waals surface area contributed by atoms with Crippen LogP contribution >= 0.6 is 0 Å². The number of rotatable bonds is 11. The minimum absolute atomic E-state index is 0.111. The Bertz CT molecular complexity index is 1520. The first-order chi connectivity index (χ1) is 21.7. The summed E-state index contributed by atoms with van der Waals surface area (Å²) in [5.41, 5.74) is 2.31. The minimum Gasteiger partial charge on any atom is -0.383 e. The number of aryl methyl sites for hydroxylation is 1. The number of para-hydroxylation sites is 1. The summed E-state index contributed by atoms with van der Waals surface area (Å²) in [4.78, 5) is 60.3. The van der Waals surface area contributed by atoms with Crippen molar-refractivity contribution in [1.29, 1.82) is 0 Å². The average Bonchev–Trinajstić information content (AvgIpc) is 3.67. The fraction of sp³-hybridized carbons (Fsp3) is 0.424. The number of nitrogens with one attached hydrogen (secondary N) is 4. The van der Waals surface area contributed by atoms with Crippen molar-refractivity contribution in [2.45, 2.75) is 56.0 Å². The van der Waals surface area contributed by atoms with Crippen molar-refractivity contribution in [2.75, 3.05) is 39.0 Å². The van der Waals surface area contributed by atoms with E-state index in [1.54, 1.807) is 11.1 Å². The summed E-state index contributed by atoms with van der Waals surface area (Å²) in [6.07, 6.45) is 1.70. The highest BCUT2D eigenvalue weighted by Crippen LogP contribution is 2.24. The van der Waals surface area contributed by atoms with E-state index in [1.165, 1.54) is 4.90 Å². The van der Waals surface area contributed by atoms with Crippen LogP contribution in [0.4, 0.5) is 5.69 Å². The summed E-state index contributed by atoms with van der Waals surface area (Å²) in [5.74, 6) is -1.34. The summed E-state index contributed by atoms with van der Waals surface area (Å²) in [6, 6.07) is 16.8. The number of aromatic nitrogens is 1. The van der Waals surface area contributed by atoms with Gasteiger partial charge in [-0.3, -0.25) is 24.2 Å². The van der Waals surface area contributed by atoms with Gasteiger partial charge in [0, 0.05) is 30.6 Å². The van der Waals surface area contributed by atoms with Crippen LogP contribution in [0.2, 0.25) is 0 Å². The number of hydrogen-bond acceptors (Lipinski definition) is 8. The number of benzene rings is 2. The van der Waals surface area contributed by atoms with Crippen LogP contribution in [0.1, 0.15) is 24.8 Å². The van der Waals surface area contributed by atoms with Gasteiger partial charge in [-0.1, -0.05) is 48.5 Å². The van der Waals surface area contributed by atoms with Crippen LogP contribution in [0.25, 0.3) is 10.9 Å². The second-order valence-corrected chi connectivity index (χ2v) is 12.1. The maximum absolute atomic E-state index is 13.8. The van der Waals surface area contributed by atoms with Gasteiger partial charge in [0.2, 0.25) is 23.6 Å². The van der Waals surface area contributed by atoms with Gasteiger partial charge in [0.25, 0.3) is 0 Å². The Kier molecular flexibility index (Phi) is 10.4. The highest BCUT2D eigenvalue weighted by atomic mass is 16.3. The van der Waals surface area contributed by atoms with Crippen LogP contribution in [0.3, 0.4) is 0 Å². The second kappa shape index (κ2) is 14.6. The van der Waals surface area contributed by atoms with Crippen LogP contribution in [-0.4, -0.2) is 108 Å². The molecule has 0 radical (unpaired) electrons. The molecule has 2 saturated heterocycles. The van der Waals surface area contributed by atoms with E-state index in [0.717, 1.165) is 16.5 Å². The smallest absolute Gasteiger partial charge is 0.249 e. The molecule has 3 heterocycles. The van der Waals surface area contributed by atoms with Crippen molar-refractivity contribution < 1.29 is 24.3 Å². The van der Waals surface area contributed by atoms with Gasteiger partial charge in [-0.05, 0) is 57.5 Å². The molecule has 2 aromatic carbocycles. The molecule has 5 N–H and O–H groups in total. The van der Waals surface area contributed by atoms with Gasteiger partial charge in [0.1, 0.15) is 12.1 Å². The standard InChI is InChI=1S/C33H41N7O5/c1-39(2)20-30(42)36-24-15-27(35-18-24)33(45)40-19-25(38-32(44)29(41)13-12-21-8-4-3-5-9-21)16-28(40)31(43)37-23-14-22-10-6-7-11-26(22)34-17-23/h3-11,14,17,24-25,27-29,35,41H,12-13,15-16,18-20H2,1-2H3,(H,36,42)(H,37,43)(H,38,44)/t24-,25-,27+,28+,29-/m1/s1. The lowest BCUT2D eigenvalue weighted by atomic mass is 10.1. The summed E-state index contributed by atoms with van der Waals surface area (Å²) in [7, 11) is 3.62. The molecule has 238 valence electrons. The lowest BCUT2D eigenvalue weighted by Gasteiger charge is -2.26. The Morgan fingerprint density at radius 2 is 1.78 bits per heavy atom. The van der Waals surface area contributed by atoms with Gasteiger partial charge in [-0.2, -0.15) is 0 Å². The molecule has 0 saturated carbocycles. The van der Waals surface area contributed by atoms with Crippen molar-refractivity contribution in [1.82, 2.24) is 30.7 Å². The van der Waals surface area contributed by atoms with Gasteiger partial charge in [0.05, 0.1) is 30.0 Å². The minimum atomic E-state index is -1.23. The van der Waals surface area contributed by atoms with E-state index in [0.29, 0.717) is 25.1 Å². The number of nitrogens with zero attached hydrogens (tertiary/aromatic N) is 3. The summed E-state index contributed by atoms with van der Waals surface area (Å²) in [6.45, 7) is 0.780. The number of amides is 4. The predicted octanol–water partition coefficient (Wildman–Crippen LogP) is 0.661. The number of likely N-dealkylation sites (N-methyl/N-ethyl adjacent to an activating group) is 1. The number of likely N-dealkylation sites (tertiary alicyclic amines) is 1. The molecule has 5 rings (SSSR count). The topological polar surface area (TPSA) is 156 Å². The summed E-state index contributed by atoms with van der Waals surface area (Å²) < 4.78 is 0. The lowest BCUT2D eigenvalue weighted by molar-refractivity contribution is -0.138. The fourth-order valence-corrected chi connectivity index (χ4v) is 5.97. The van der Waals surface area contributed by atoms with E-state index in [2.05, 4.69) is 26.3 Å². The van der Waals surface area contributed by atoms with Gasteiger partial charge in [-0.25, -0.2) is 0 Å². The molecular weight excluding hydrogens is 574 g/mol. The first kappa shape index (κ1) is 32.0. The van der Waals surface area contributed by atoms with Crippen molar-refractivity contribution in [3.8, 4) is 0 Å². The Morgan fingerprint density at radius 1 is 1.02 bits per heavy atom. The molecule has 12 nitrogen and oxygen atoms in total. The molecule has 1 aromatic heterocycles. The highest BCUT2D eigenvalue weighted by Gasteiger charge is 2.44. The normalized spacial score (nSPS) is 21.9. The first-order valence-corrected chi connectivity index (χ1v) is 15.3. The summed E-state index contributed by atoms with van der Waals surface area (Å²) in [5, 5.41) is 23.3. The number of fused-ring (bicyclic) bond motifs is 1. The van der Waals surface area contributed by atoms with Crippen LogP contribution in [0.15, 0.2) is 66.9 Å². The number of aliphatic hydroxyl groups excluding tert-OH is 1. The van der Waals surface area contributed by atoms with Crippen molar-refractivity contribution in [3.05, 3.63) is 72.4 Å². The number of aliphatic hydroxyl groups is 1. The Morgan fingerprint density at radius 3 is 2.56 bits per heavy atom. The van der Waals surface area contributed by atoms with E-state index in [4.69, 9.17) is 0 Å². The quantitative estimate of drug-likeness (QED) is 0.211. The Balaban J connectivity index is 1.25. The number of anilines is 1. The molecule has 2 aliphatic heterocycles. The summed E-state index contributed by atoms with van der Waals surface area (Å²) >= 11 is 0. The van der Waals surface area contributed by atoms with E-state index in [1.807, 2.05) is 74.8 Å². The number of pyridine rings is 1. The molecule has 3 aromatic rings. The molecule has 0 bridgehead atoms. The van der Waals surface area contributed by atoms with Gasteiger partial charge in [-0.15, -0.1) is 0 Å². The Labute approximate surface area is 262 Å². The van der Waals surface area contributed by atoms with Crippen LogP contribution in [0, 0.1) is 0 Å². The van der Waals surface area contributed by atoms with E-state index >= 15 is 0 Å². The van der Waals surface area contributed by atoms with Crippen molar-refractivity contribution in [3.63, 3.8) is 0 Å². The lowest BCUT2D eigenvalue weighted by Crippen LogP contribution is -2.50. The third-order valence-electron chi connectivity index (χ3n) is 8.20. The molecule has 0 spiro atoms. The fourth-order valence-electron chi connectivity index (χ4n) is 5.97. The third-order valence-corrected chi connectivity index (χ3v) is 8.20. The maximum atomic E-state index is 13.8. The second-order valence-electron chi connectivity index (χ2n) is 12.1. The molecule has 45 heavy (non-hydrogen) atoms. The zero-order valence-electron chi connectivity index (χ0n) is 25.6. The highest BCUT2D eigenvalue weighted by molar-refractivity contribution is 5.99. The number of carbonyl (C=O) groups is 4.